The predicted molar refractivity (Wildman–Crippen MR) is 123 cm³/mol. The van der Waals surface area contributed by atoms with Gasteiger partial charge in [0.2, 0.25) is 0 Å². The van der Waals surface area contributed by atoms with Gasteiger partial charge in [0, 0.05) is 24.4 Å². The molecule has 174 valence electrons. The van der Waals surface area contributed by atoms with Crippen LogP contribution in [0.1, 0.15) is 43.0 Å². The molecule has 1 amide bonds. The molecule has 0 aliphatic rings. The quantitative estimate of drug-likeness (QED) is 0.202. The van der Waals surface area contributed by atoms with Gasteiger partial charge in [0.1, 0.15) is 28.4 Å². The third-order valence-electron chi connectivity index (χ3n) is 4.85. The van der Waals surface area contributed by atoms with E-state index >= 15 is 0 Å². The van der Waals surface area contributed by atoms with Crippen molar-refractivity contribution in [2.45, 2.75) is 32.6 Å². The number of amides is 1. The number of ether oxygens (including phenoxy) is 3. The van der Waals surface area contributed by atoms with Gasteiger partial charge in [0.15, 0.2) is 0 Å². The average Bonchev–Trinajstić information content (AvgIpc) is 2.82. The molecular formula is C25H27NO7. The standard InChI is InChI=1S/C25H27NO7/c1-3-4-13-26-24(28)21-15-17-7-8-20(16-22(17)33-25(21)29)32-23(27)6-5-14-31-19-11-9-18(30-2)10-12-19/h7-12,15-16H,3-6,13-14H2,1-2H3,(H,26,28). The summed E-state index contributed by atoms with van der Waals surface area (Å²) in [5.41, 5.74) is -0.561. The fourth-order valence-corrected chi connectivity index (χ4v) is 3.05. The Morgan fingerprint density at radius 1 is 0.970 bits per heavy atom. The monoisotopic (exact) mass is 453 g/mol. The van der Waals surface area contributed by atoms with Crippen LogP contribution < -0.4 is 25.2 Å². The molecule has 8 heteroatoms. The molecular weight excluding hydrogens is 426 g/mol. The molecule has 33 heavy (non-hydrogen) atoms. The Kier molecular flexibility index (Phi) is 8.46. The second kappa shape index (κ2) is 11.7. The number of carbonyl (C=O) groups is 2. The van der Waals surface area contributed by atoms with Gasteiger partial charge in [-0.25, -0.2) is 4.79 Å². The van der Waals surface area contributed by atoms with Gasteiger partial charge in [-0.15, -0.1) is 0 Å². The maximum atomic E-state index is 12.2. The third kappa shape index (κ3) is 6.83. The highest BCUT2D eigenvalue weighted by molar-refractivity contribution is 5.96. The summed E-state index contributed by atoms with van der Waals surface area (Å²) in [6.07, 6.45) is 2.40. The van der Waals surface area contributed by atoms with Crippen molar-refractivity contribution >= 4 is 22.8 Å². The molecule has 0 saturated heterocycles. The first kappa shape index (κ1) is 23.8. The summed E-state index contributed by atoms with van der Waals surface area (Å²) in [5, 5.41) is 3.26. The van der Waals surface area contributed by atoms with Crippen LogP contribution >= 0.6 is 0 Å². The molecule has 1 aromatic heterocycles. The minimum absolute atomic E-state index is 0.0554. The number of methoxy groups -OCH3 is 1. The Labute approximate surface area is 191 Å². The molecule has 2 aromatic carbocycles. The summed E-state index contributed by atoms with van der Waals surface area (Å²) in [4.78, 5) is 36.5. The number of rotatable bonds is 11. The minimum atomic E-state index is -0.740. The van der Waals surface area contributed by atoms with E-state index in [1.165, 1.54) is 12.1 Å². The van der Waals surface area contributed by atoms with Crippen LogP contribution in [0.15, 0.2) is 57.7 Å². The van der Waals surface area contributed by atoms with E-state index in [4.69, 9.17) is 18.6 Å². The van der Waals surface area contributed by atoms with Gasteiger partial charge in [-0.2, -0.15) is 0 Å². The zero-order valence-electron chi connectivity index (χ0n) is 18.7. The third-order valence-corrected chi connectivity index (χ3v) is 4.85. The number of hydrogen-bond donors (Lipinski definition) is 1. The van der Waals surface area contributed by atoms with E-state index in [1.54, 1.807) is 43.5 Å². The largest absolute Gasteiger partial charge is 0.497 e. The normalized spacial score (nSPS) is 10.6. The summed E-state index contributed by atoms with van der Waals surface area (Å²) in [5.74, 6) is 0.788. The molecule has 0 aliphatic carbocycles. The average molecular weight is 453 g/mol. The molecule has 0 spiro atoms. The van der Waals surface area contributed by atoms with Gasteiger partial charge < -0.3 is 23.9 Å². The summed E-state index contributed by atoms with van der Waals surface area (Å²) in [7, 11) is 1.59. The Morgan fingerprint density at radius 2 is 1.70 bits per heavy atom. The van der Waals surface area contributed by atoms with Crippen LogP contribution in [0, 0.1) is 0 Å². The zero-order chi connectivity index (χ0) is 23.6. The van der Waals surface area contributed by atoms with Crippen LogP contribution in [-0.2, 0) is 4.79 Å². The lowest BCUT2D eigenvalue weighted by molar-refractivity contribution is -0.134. The van der Waals surface area contributed by atoms with E-state index in [1.807, 2.05) is 6.92 Å². The van der Waals surface area contributed by atoms with Crippen LogP contribution in [-0.4, -0.2) is 32.1 Å². The molecule has 1 N–H and O–H groups in total. The number of fused-ring (bicyclic) bond motifs is 1. The van der Waals surface area contributed by atoms with Crippen molar-refractivity contribution in [3.8, 4) is 17.2 Å². The summed E-state index contributed by atoms with van der Waals surface area (Å²) in [6.45, 7) is 2.86. The molecule has 0 saturated carbocycles. The van der Waals surface area contributed by atoms with Crippen molar-refractivity contribution in [3.63, 3.8) is 0 Å². The summed E-state index contributed by atoms with van der Waals surface area (Å²) < 4.78 is 21.3. The van der Waals surface area contributed by atoms with Crippen molar-refractivity contribution in [1.29, 1.82) is 0 Å². The first-order valence-electron chi connectivity index (χ1n) is 10.8. The van der Waals surface area contributed by atoms with Crippen LogP contribution in [0.5, 0.6) is 17.2 Å². The first-order chi connectivity index (χ1) is 16.0. The number of esters is 1. The van der Waals surface area contributed by atoms with E-state index in [0.29, 0.717) is 30.7 Å². The smallest absolute Gasteiger partial charge is 0.349 e. The molecule has 0 radical (unpaired) electrons. The van der Waals surface area contributed by atoms with Gasteiger partial charge in [0.05, 0.1) is 13.7 Å². The van der Waals surface area contributed by atoms with Crippen LogP contribution in [0.4, 0.5) is 0 Å². The van der Waals surface area contributed by atoms with Crippen molar-refractivity contribution in [2.24, 2.45) is 0 Å². The van der Waals surface area contributed by atoms with Gasteiger partial charge in [-0.1, -0.05) is 13.3 Å². The lowest BCUT2D eigenvalue weighted by Crippen LogP contribution is -2.28. The molecule has 0 bridgehead atoms. The van der Waals surface area contributed by atoms with Gasteiger partial charge >= 0.3 is 11.6 Å². The van der Waals surface area contributed by atoms with Crippen molar-refractivity contribution in [2.75, 3.05) is 20.3 Å². The maximum absolute atomic E-state index is 12.2. The van der Waals surface area contributed by atoms with E-state index in [-0.39, 0.29) is 23.3 Å². The second-order valence-electron chi connectivity index (χ2n) is 7.36. The van der Waals surface area contributed by atoms with E-state index < -0.39 is 17.5 Å². The van der Waals surface area contributed by atoms with Crippen LogP contribution in [0.3, 0.4) is 0 Å². The number of benzene rings is 2. The fourth-order valence-electron chi connectivity index (χ4n) is 3.05. The van der Waals surface area contributed by atoms with Gasteiger partial charge in [-0.3, -0.25) is 9.59 Å². The Bertz CT molecular complexity index is 1150. The highest BCUT2D eigenvalue weighted by atomic mass is 16.5. The summed E-state index contributed by atoms with van der Waals surface area (Å²) >= 11 is 0. The number of nitrogens with one attached hydrogen (secondary N) is 1. The van der Waals surface area contributed by atoms with E-state index in [0.717, 1.165) is 18.6 Å². The lowest BCUT2D eigenvalue weighted by atomic mass is 10.1. The second-order valence-corrected chi connectivity index (χ2v) is 7.36. The molecule has 1 heterocycles. The minimum Gasteiger partial charge on any atom is -0.497 e. The van der Waals surface area contributed by atoms with Crippen LogP contribution in [0.25, 0.3) is 11.0 Å². The summed E-state index contributed by atoms with van der Waals surface area (Å²) in [6, 6.07) is 13.3. The molecule has 3 aromatic rings. The van der Waals surface area contributed by atoms with Crippen molar-refractivity contribution in [1.82, 2.24) is 5.32 Å². The molecule has 0 aliphatic heterocycles. The van der Waals surface area contributed by atoms with Gasteiger partial charge in [-0.05, 0) is 55.3 Å². The Balaban J connectivity index is 1.53. The Morgan fingerprint density at radius 3 is 2.42 bits per heavy atom. The molecule has 0 fully saturated rings. The number of carbonyl (C=O) groups excluding carboxylic acids is 2. The highest BCUT2D eigenvalue weighted by Gasteiger charge is 2.14. The van der Waals surface area contributed by atoms with Gasteiger partial charge in [0.25, 0.3) is 5.91 Å². The van der Waals surface area contributed by atoms with E-state index in [2.05, 4.69) is 5.32 Å². The molecule has 0 atom stereocenters. The van der Waals surface area contributed by atoms with Crippen LogP contribution in [0.2, 0.25) is 0 Å². The first-order valence-corrected chi connectivity index (χ1v) is 10.8. The molecule has 0 unspecified atom stereocenters. The highest BCUT2D eigenvalue weighted by Crippen LogP contribution is 2.21. The number of unbranched alkanes of at least 4 members (excludes halogenated alkanes) is 1. The SMILES string of the molecule is CCCCNC(=O)c1cc2ccc(OC(=O)CCCOc3ccc(OC)cc3)cc2oc1=O. The zero-order valence-corrected chi connectivity index (χ0v) is 18.7. The van der Waals surface area contributed by atoms with Crippen molar-refractivity contribution < 1.29 is 28.2 Å². The number of hydrogen-bond acceptors (Lipinski definition) is 7. The topological polar surface area (TPSA) is 104 Å². The van der Waals surface area contributed by atoms with Crippen molar-refractivity contribution in [3.05, 3.63) is 64.5 Å². The Hall–Kier alpha value is -3.81. The lowest BCUT2D eigenvalue weighted by Gasteiger charge is -2.08. The predicted octanol–water partition coefficient (Wildman–Crippen LogP) is 4.10. The fraction of sp³-hybridized carbons (Fsp3) is 0.320. The molecule has 3 rings (SSSR count). The van der Waals surface area contributed by atoms with E-state index in [9.17, 15) is 14.4 Å². The molecule has 8 nitrogen and oxygen atoms in total. The maximum Gasteiger partial charge on any atom is 0.349 e.